The highest BCUT2D eigenvalue weighted by Gasteiger charge is 2.67. The number of rotatable bonds is 44. The molecule has 15 aliphatic heterocycles. The van der Waals surface area contributed by atoms with Crippen LogP contribution in [0, 0.1) is 0 Å². The minimum absolute atomic E-state index is 0.148. The molecule has 11 amide bonds. The Kier molecular flexibility index (Phi) is 35.9. The summed E-state index contributed by atoms with van der Waals surface area (Å²) in [5.41, 5.74) is -0.963. The van der Waals surface area contributed by atoms with Gasteiger partial charge in [0.1, 0.15) is 140 Å². The molecule has 53 nitrogen and oxygen atoms in total. The highest BCUT2D eigenvalue weighted by atomic mass is 16.9. The van der Waals surface area contributed by atoms with Crippen molar-refractivity contribution in [2.24, 2.45) is 0 Å². The number of esters is 1. The van der Waals surface area contributed by atoms with Crippen LogP contribution in [0.2, 0.25) is 0 Å². The second kappa shape index (κ2) is 46.4. The molecule has 10 N–H and O–H groups in total. The molecule has 15 rings (SSSR count). The molecule has 0 aromatic heterocycles. The molecule has 0 aromatic carbocycles. The molecule has 0 radical (unpaired) electrons. The van der Waals surface area contributed by atoms with E-state index >= 15 is 14.4 Å². The van der Waals surface area contributed by atoms with Crippen LogP contribution in [0.3, 0.4) is 0 Å². The Hall–Kier alpha value is -7.68. The lowest BCUT2D eigenvalue weighted by Crippen LogP contribution is -2.56. The number of fused-ring (bicyclic) bond motifs is 7. The lowest BCUT2D eigenvalue weighted by molar-refractivity contribution is -0.231. The van der Waals surface area contributed by atoms with Gasteiger partial charge in [0.25, 0.3) is 0 Å². The maximum Gasteiger partial charge on any atom is 0.407 e. The minimum atomic E-state index is -1.34. The van der Waals surface area contributed by atoms with Gasteiger partial charge < -0.3 is 200 Å². The molecule has 15 saturated heterocycles. The third-order valence-electron chi connectivity index (χ3n) is 28.2. The van der Waals surface area contributed by atoms with Gasteiger partial charge in [-0.3, -0.25) is 52.7 Å². The molecular formula is C96H151N11O42. The first-order valence-electron chi connectivity index (χ1n) is 50.7. The van der Waals surface area contributed by atoms with Gasteiger partial charge >= 0.3 is 12.1 Å². The number of ether oxygens (including phenoxy) is 30. The van der Waals surface area contributed by atoms with Crippen molar-refractivity contribution in [1.29, 1.82) is 0 Å². The highest BCUT2D eigenvalue weighted by Crippen LogP contribution is 2.49. The third-order valence-corrected chi connectivity index (χ3v) is 28.2. The molecule has 0 aromatic rings. The zero-order valence-electron chi connectivity index (χ0n) is 89.0. The monoisotopic (exact) mass is 2130 g/mol. The van der Waals surface area contributed by atoms with Crippen molar-refractivity contribution in [2.75, 3.05) is 83.1 Å². The van der Waals surface area contributed by atoms with Crippen molar-refractivity contribution < 1.29 is 200 Å². The van der Waals surface area contributed by atoms with E-state index in [0.717, 1.165) is 0 Å². The van der Waals surface area contributed by atoms with Crippen LogP contribution in [0.1, 0.15) is 188 Å². The van der Waals surface area contributed by atoms with Crippen LogP contribution >= 0.6 is 0 Å². The molecule has 53 heteroatoms. The maximum atomic E-state index is 15.4. The van der Waals surface area contributed by atoms with E-state index in [2.05, 4.69) is 53.2 Å². The van der Waals surface area contributed by atoms with Crippen molar-refractivity contribution in [3.63, 3.8) is 0 Å². The molecular weight excluding hydrogens is 1980 g/mol. The number of alkyl carbamates (subject to hydrolysis) is 1. The molecule has 0 saturated carbocycles. The Labute approximate surface area is 863 Å². The Morgan fingerprint density at radius 1 is 0.295 bits per heavy atom. The van der Waals surface area contributed by atoms with Gasteiger partial charge in [0.05, 0.1) is 62.4 Å². The smallest absolute Gasteiger partial charge is 0.407 e. The van der Waals surface area contributed by atoms with E-state index in [4.69, 9.17) is 142 Å². The van der Waals surface area contributed by atoms with Gasteiger partial charge in [-0.25, -0.2) is 4.79 Å². The fraction of sp³-hybridized carbons (Fsp3) is 0.875. The number of methoxy groups -OCH3 is 8. The van der Waals surface area contributed by atoms with Crippen LogP contribution in [-0.2, 0) is 195 Å². The van der Waals surface area contributed by atoms with Gasteiger partial charge in [0, 0.05) is 121 Å². The van der Waals surface area contributed by atoms with Gasteiger partial charge in [0.2, 0.25) is 59.1 Å². The van der Waals surface area contributed by atoms with E-state index in [9.17, 15) is 43.2 Å². The summed E-state index contributed by atoms with van der Waals surface area (Å²) in [4.78, 5) is 175. The molecule has 36 unspecified atom stereocenters. The number of hydrogen-bond acceptors (Lipinski definition) is 42. The Morgan fingerprint density at radius 2 is 0.530 bits per heavy atom. The molecule has 15 heterocycles. The summed E-state index contributed by atoms with van der Waals surface area (Å²) in [6.45, 7) is 27.6. The largest absolute Gasteiger partial charge is 0.469 e. The minimum Gasteiger partial charge on any atom is -0.469 e. The van der Waals surface area contributed by atoms with Crippen molar-refractivity contribution in [3.8, 4) is 0 Å². The summed E-state index contributed by atoms with van der Waals surface area (Å²) < 4.78 is 183. The third kappa shape index (κ3) is 27.2. The summed E-state index contributed by atoms with van der Waals surface area (Å²) >= 11 is 0. The Bertz CT molecular complexity index is 4760. The average molecular weight is 2130 g/mol. The zero-order valence-corrected chi connectivity index (χ0v) is 89.0. The van der Waals surface area contributed by atoms with Crippen LogP contribution in [-0.4, -0.2) is 426 Å². The van der Waals surface area contributed by atoms with Crippen molar-refractivity contribution >= 4 is 71.1 Å². The van der Waals surface area contributed by atoms with Crippen LogP contribution in [0.5, 0.6) is 0 Å². The quantitative estimate of drug-likeness (QED) is 0.0296. The molecule has 15 fully saturated rings. The van der Waals surface area contributed by atoms with Gasteiger partial charge in [-0.15, -0.1) is 0 Å². The van der Waals surface area contributed by atoms with Crippen molar-refractivity contribution in [2.45, 2.75) is 455 Å². The van der Waals surface area contributed by atoms with Crippen LogP contribution in [0.15, 0.2) is 0 Å². The van der Waals surface area contributed by atoms with E-state index < -0.39 is 396 Å². The topological polar surface area (TPSA) is 605 Å². The fourth-order valence-electron chi connectivity index (χ4n) is 22.5. The lowest BCUT2D eigenvalue weighted by atomic mass is 9.96. The Morgan fingerprint density at radius 3 is 0.792 bits per heavy atom. The maximum absolute atomic E-state index is 15.4. The average Bonchev–Trinajstić information content (AvgIpc) is 1.62. The summed E-state index contributed by atoms with van der Waals surface area (Å²) in [5.74, 6) is -15.9. The number of carbonyl (C=O) groups is 12. The molecule has 0 bridgehead atoms. The highest BCUT2D eigenvalue weighted by molar-refractivity contribution is 5.92. The lowest BCUT2D eigenvalue weighted by Gasteiger charge is -2.33. The molecule has 0 spiro atoms. The summed E-state index contributed by atoms with van der Waals surface area (Å²) in [6.07, 6.45) is -32.0. The second-order valence-corrected chi connectivity index (χ2v) is 43.9. The van der Waals surface area contributed by atoms with Crippen LogP contribution < -0.4 is 53.2 Å². The van der Waals surface area contributed by atoms with Crippen molar-refractivity contribution in [3.05, 3.63) is 0 Å². The summed E-state index contributed by atoms with van der Waals surface area (Å²) in [7, 11) is 11.0. The number of nitrogens with one attached hydrogen (secondary N) is 10. The first-order valence-corrected chi connectivity index (χ1v) is 50.7. The first-order chi connectivity index (χ1) is 70.0. The zero-order chi connectivity index (χ0) is 108. The molecule has 149 heavy (non-hydrogen) atoms. The van der Waals surface area contributed by atoms with Crippen molar-refractivity contribution in [1.82, 2.24) is 58.1 Å². The number of likely N-dealkylation sites (tertiary alicyclic amines) is 1. The fourth-order valence-corrected chi connectivity index (χ4v) is 22.5. The van der Waals surface area contributed by atoms with Gasteiger partial charge in [-0.1, -0.05) is 0 Å². The van der Waals surface area contributed by atoms with Crippen LogP contribution in [0.25, 0.3) is 0 Å². The standard InChI is InChI=1S/C96H151N11O42/c1-89(2,3)149-88(119)106-46(64-71-78(86(126-24)133-64)147-95(14,15)140-71)38-55(114)104-44(62-69-76(84(124-22)131-62)145-93(10,11)138-69)35-52(111)101-41(59-66-73(81(121-19)128-59)142-90(4,5)135-66)33-50(109)97-31-29-57(116)107-32-26-27-48(107)80(118)99-40-56(115)98-30-28-49(108)100-42(60-67-74(82(122-20)129-60)143-91(6,7)136-67)34-51(110)102-43(61-68-75(83(123-21)130-61)144-92(8,9)137-68)36-53(112)103-45(63-70-77(85(125-23)132-63)146-94(12,13)139-70)37-54(113)105-47(39-58(117)120-18)65-72-79(87(127-25)134-65)148-96(16,17)141-72/h41-48,59-79,81-87H,26-40H2,1-25H3,(H,97,109)(H,98,115)(H,99,118)(H,100,108)(H,101,111)(H,102,110)(H,103,112)(H,104,114)(H,105,113)(H,106,119). The molecule has 15 aliphatic rings. The van der Waals surface area contributed by atoms with Gasteiger partial charge in [-0.05, 0) is 131 Å². The predicted octanol–water partition coefficient (Wildman–Crippen LogP) is -1.95. The molecule has 0 aliphatic carbocycles. The summed E-state index contributed by atoms with van der Waals surface area (Å²) in [6, 6.07) is -9.75. The Balaban J connectivity index is 0.578. The van der Waals surface area contributed by atoms with Gasteiger partial charge in [-0.2, -0.15) is 0 Å². The van der Waals surface area contributed by atoms with E-state index in [1.54, 1.807) is 118 Å². The first kappa shape index (κ1) is 115. The predicted molar refractivity (Wildman–Crippen MR) is 499 cm³/mol. The number of carbonyl (C=O) groups excluding carboxylic acids is 12. The van der Waals surface area contributed by atoms with E-state index in [1.165, 1.54) is 61.8 Å². The van der Waals surface area contributed by atoms with E-state index in [-0.39, 0.29) is 32.5 Å². The number of hydrogen-bond donors (Lipinski definition) is 10. The summed E-state index contributed by atoms with van der Waals surface area (Å²) in [5, 5.41) is 28.5. The van der Waals surface area contributed by atoms with Gasteiger partial charge in [0.15, 0.2) is 84.5 Å². The normalized spacial score (nSPS) is 36.8. The molecule has 36 atom stereocenters. The molecule has 842 valence electrons. The SMILES string of the molecule is COC(=O)CC(NC(=O)CC(NC(=O)CC(NC(=O)CC(NC(=O)CCNC(=O)CNC(=O)C1CCCN1C(=O)CCNC(=O)CC(NC(=O)CC(NC(=O)CC(NC(=O)OC(C)(C)C)C1OC(OC)C2OC(C)(C)OC12)C1OC(OC)C2OC(C)(C)OC12)C1OC(OC)C2OC(C)(C)OC12)C1OC(OC)C2OC(C)(C)OC12)C1OC(OC)C2OC(C)(C)OC12)C1OC(OC)C2OC(C)(C)OC12)C1OC(OC)C2OC(C)(C)OC12. The number of nitrogens with zero attached hydrogens (tertiary/aromatic N) is 1. The van der Waals surface area contributed by atoms with Crippen LogP contribution in [0.4, 0.5) is 4.79 Å². The number of amides is 11. The van der Waals surface area contributed by atoms with E-state index in [1.807, 2.05) is 0 Å². The second-order valence-electron chi connectivity index (χ2n) is 43.9. The van der Waals surface area contributed by atoms with E-state index in [0.29, 0.717) is 6.42 Å².